The quantitative estimate of drug-likeness (QED) is 0.648. The molecule has 1 amide bonds. The molecule has 1 aromatic heterocycles. The molecule has 4 heteroatoms. The summed E-state index contributed by atoms with van der Waals surface area (Å²) in [5.41, 5.74) is 2.64. The average Bonchev–Trinajstić information content (AvgIpc) is 2.71. The predicted molar refractivity (Wildman–Crippen MR) is 106 cm³/mol. The highest BCUT2D eigenvalue weighted by Crippen LogP contribution is 2.28. The minimum absolute atomic E-state index is 0.00497. The van der Waals surface area contributed by atoms with E-state index in [1.807, 2.05) is 53.4 Å². The number of benzene rings is 2. The van der Waals surface area contributed by atoms with Crippen LogP contribution in [0.3, 0.4) is 0 Å². The van der Waals surface area contributed by atoms with Crippen molar-refractivity contribution in [1.29, 1.82) is 0 Å². The second-order valence-electron chi connectivity index (χ2n) is 7.13. The normalized spacial score (nSPS) is 13.8. The van der Waals surface area contributed by atoms with Crippen LogP contribution >= 0.6 is 0 Å². The molecule has 0 N–H and O–H groups in total. The molecule has 0 radical (unpaired) electrons. The van der Waals surface area contributed by atoms with Crippen molar-refractivity contribution in [2.45, 2.75) is 25.8 Å². The molecular weight excluding hydrogens is 334 g/mol. The fourth-order valence-electron chi connectivity index (χ4n) is 3.37. The van der Waals surface area contributed by atoms with Crippen molar-refractivity contribution in [2.24, 2.45) is 5.92 Å². The monoisotopic (exact) mass is 357 g/mol. The second-order valence-corrected chi connectivity index (χ2v) is 7.13. The lowest BCUT2D eigenvalue weighted by Gasteiger charge is -2.32. The first-order valence-corrected chi connectivity index (χ1v) is 9.50. The Morgan fingerprint density at radius 1 is 0.926 bits per heavy atom. The van der Waals surface area contributed by atoms with Crippen LogP contribution in [-0.2, 0) is 6.54 Å². The number of aromatic nitrogens is 2. The van der Waals surface area contributed by atoms with Crippen molar-refractivity contribution in [3.63, 3.8) is 0 Å². The van der Waals surface area contributed by atoms with Gasteiger partial charge < -0.3 is 4.90 Å². The molecule has 1 heterocycles. The number of carbonyl (C=O) groups excluding carboxylic acids is 1. The van der Waals surface area contributed by atoms with Crippen LogP contribution in [0.4, 0.5) is 0 Å². The molecule has 0 spiro atoms. The van der Waals surface area contributed by atoms with E-state index in [9.17, 15) is 4.79 Å². The lowest BCUT2D eigenvalue weighted by Crippen LogP contribution is -2.37. The molecule has 0 unspecified atom stereocenters. The molecule has 1 saturated carbocycles. The van der Waals surface area contributed by atoms with Crippen molar-refractivity contribution < 1.29 is 4.79 Å². The lowest BCUT2D eigenvalue weighted by molar-refractivity contribution is 0.0679. The van der Waals surface area contributed by atoms with Crippen molar-refractivity contribution in [3.05, 3.63) is 84.2 Å². The second kappa shape index (κ2) is 8.12. The summed E-state index contributed by atoms with van der Waals surface area (Å²) in [6.45, 7) is 1.42. The molecule has 3 aromatic rings. The van der Waals surface area contributed by atoms with Crippen LogP contribution in [0, 0.1) is 5.92 Å². The Labute approximate surface area is 159 Å². The smallest absolute Gasteiger partial charge is 0.257 e. The van der Waals surface area contributed by atoms with Gasteiger partial charge in [-0.15, -0.1) is 0 Å². The standard InChI is InChI=1S/C23H23N3O/c27-23(21-14-24-22(25-15-21)20-12-5-2-6-13-20)26(17-19-10-7-11-19)16-18-8-3-1-4-9-18/h1-6,8-9,12-15,19H,7,10-11,16-17H2. The van der Waals surface area contributed by atoms with Crippen LogP contribution < -0.4 is 0 Å². The number of carbonyl (C=O) groups is 1. The van der Waals surface area contributed by atoms with E-state index >= 15 is 0 Å². The molecular formula is C23H23N3O. The van der Waals surface area contributed by atoms with Gasteiger partial charge in [0, 0.05) is 31.0 Å². The maximum Gasteiger partial charge on any atom is 0.257 e. The van der Waals surface area contributed by atoms with E-state index in [2.05, 4.69) is 22.1 Å². The fraction of sp³-hybridized carbons (Fsp3) is 0.261. The molecule has 0 bridgehead atoms. The number of amides is 1. The summed E-state index contributed by atoms with van der Waals surface area (Å²) in [4.78, 5) is 23.9. The Bertz CT molecular complexity index is 875. The molecule has 27 heavy (non-hydrogen) atoms. The zero-order valence-corrected chi connectivity index (χ0v) is 15.3. The van der Waals surface area contributed by atoms with Crippen molar-refractivity contribution in [3.8, 4) is 11.4 Å². The third-order valence-corrected chi connectivity index (χ3v) is 5.14. The van der Waals surface area contributed by atoms with Gasteiger partial charge in [0.05, 0.1) is 5.56 Å². The topological polar surface area (TPSA) is 46.1 Å². The summed E-state index contributed by atoms with van der Waals surface area (Å²) in [6.07, 6.45) is 6.99. The minimum Gasteiger partial charge on any atom is -0.334 e. The SMILES string of the molecule is O=C(c1cnc(-c2ccccc2)nc1)N(Cc1ccccc1)CC1CCC1. The Morgan fingerprint density at radius 2 is 1.56 bits per heavy atom. The van der Waals surface area contributed by atoms with Gasteiger partial charge in [-0.05, 0) is 24.3 Å². The summed E-state index contributed by atoms with van der Waals surface area (Å²) < 4.78 is 0. The summed E-state index contributed by atoms with van der Waals surface area (Å²) in [5, 5.41) is 0. The van der Waals surface area contributed by atoms with Crippen molar-refractivity contribution >= 4 is 5.91 Å². The Balaban J connectivity index is 1.53. The maximum absolute atomic E-state index is 13.1. The van der Waals surface area contributed by atoms with Crippen molar-refractivity contribution in [2.75, 3.05) is 6.54 Å². The number of rotatable bonds is 6. The van der Waals surface area contributed by atoms with Gasteiger partial charge in [0.15, 0.2) is 5.82 Å². The Hall–Kier alpha value is -3.01. The molecule has 0 aliphatic heterocycles. The first-order chi connectivity index (χ1) is 13.3. The number of nitrogens with zero attached hydrogens (tertiary/aromatic N) is 3. The summed E-state index contributed by atoms with van der Waals surface area (Å²) >= 11 is 0. The van der Waals surface area contributed by atoms with Gasteiger partial charge in [0.1, 0.15) is 0 Å². The predicted octanol–water partition coefficient (Wildman–Crippen LogP) is 4.59. The van der Waals surface area contributed by atoms with Gasteiger partial charge in [0.2, 0.25) is 0 Å². The van der Waals surface area contributed by atoms with E-state index in [0.717, 1.165) is 17.7 Å². The van der Waals surface area contributed by atoms with Crippen LogP contribution in [0.25, 0.3) is 11.4 Å². The van der Waals surface area contributed by atoms with Gasteiger partial charge >= 0.3 is 0 Å². The van der Waals surface area contributed by atoms with Gasteiger partial charge in [-0.1, -0.05) is 67.1 Å². The molecule has 1 fully saturated rings. The van der Waals surface area contributed by atoms with Gasteiger partial charge in [0.25, 0.3) is 5.91 Å². The van der Waals surface area contributed by atoms with Crippen LogP contribution in [0.5, 0.6) is 0 Å². The number of hydrogen-bond acceptors (Lipinski definition) is 3. The highest BCUT2D eigenvalue weighted by molar-refractivity contribution is 5.93. The Morgan fingerprint density at radius 3 is 2.15 bits per heavy atom. The first-order valence-electron chi connectivity index (χ1n) is 9.50. The molecule has 4 nitrogen and oxygen atoms in total. The van der Waals surface area contributed by atoms with E-state index in [-0.39, 0.29) is 5.91 Å². The highest BCUT2D eigenvalue weighted by atomic mass is 16.2. The first kappa shape index (κ1) is 17.4. The molecule has 0 saturated heterocycles. The maximum atomic E-state index is 13.1. The fourth-order valence-corrected chi connectivity index (χ4v) is 3.37. The molecule has 1 aliphatic rings. The molecule has 136 valence electrons. The van der Waals surface area contributed by atoms with Gasteiger partial charge in [-0.25, -0.2) is 9.97 Å². The summed E-state index contributed by atoms with van der Waals surface area (Å²) in [7, 11) is 0. The van der Waals surface area contributed by atoms with E-state index < -0.39 is 0 Å². The Kier molecular flexibility index (Phi) is 5.24. The lowest BCUT2D eigenvalue weighted by atomic mass is 9.85. The minimum atomic E-state index is 0.00497. The summed E-state index contributed by atoms with van der Waals surface area (Å²) in [6, 6.07) is 20.0. The van der Waals surface area contributed by atoms with Gasteiger partial charge in [-0.2, -0.15) is 0 Å². The van der Waals surface area contributed by atoms with Crippen molar-refractivity contribution in [1.82, 2.24) is 14.9 Å². The number of hydrogen-bond donors (Lipinski definition) is 0. The third kappa shape index (κ3) is 4.22. The van der Waals surface area contributed by atoms with Crippen LogP contribution in [-0.4, -0.2) is 27.3 Å². The van der Waals surface area contributed by atoms with E-state index in [0.29, 0.717) is 23.9 Å². The zero-order valence-electron chi connectivity index (χ0n) is 15.3. The molecule has 1 aliphatic carbocycles. The van der Waals surface area contributed by atoms with E-state index in [1.165, 1.54) is 19.3 Å². The average molecular weight is 357 g/mol. The van der Waals surface area contributed by atoms with Crippen LogP contribution in [0.15, 0.2) is 73.1 Å². The molecule has 4 rings (SSSR count). The van der Waals surface area contributed by atoms with Crippen LogP contribution in [0.1, 0.15) is 35.2 Å². The van der Waals surface area contributed by atoms with E-state index in [4.69, 9.17) is 0 Å². The third-order valence-electron chi connectivity index (χ3n) is 5.14. The zero-order chi connectivity index (χ0) is 18.5. The van der Waals surface area contributed by atoms with E-state index in [1.54, 1.807) is 12.4 Å². The highest BCUT2D eigenvalue weighted by Gasteiger charge is 2.25. The molecule has 2 aromatic carbocycles. The largest absolute Gasteiger partial charge is 0.334 e. The van der Waals surface area contributed by atoms with Gasteiger partial charge in [-0.3, -0.25) is 4.79 Å². The van der Waals surface area contributed by atoms with Crippen LogP contribution in [0.2, 0.25) is 0 Å². The molecule has 0 atom stereocenters. The summed E-state index contributed by atoms with van der Waals surface area (Å²) in [5.74, 6) is 1.26.